The first-order chi connectivity index (χ1) is 13.1. The van der Waals surface area contributed by atoms with Crippen molar-refractivity contribution >= 4 is 5.65 Å². The van der Waals surface area contributed by atoms with Crippen LogP contribution in [-0.2, 0) is 12.8 Å². The predicted octanol–water partition coefficient (Wildman–Crippen LogP) is 4.31. The van der Waals surface area contributed by atoms with Crippen molar-refractivity contribution in [1.29, 1.82) is 0 Å². The number of aryl methyl sites for hydroxylation is 2. The Hall–Kier alpha value is -2.86. The Bertz CT molecular complexity index is 1110. The van der Waals surface area contributed by atoms with Crippen LogP contribution in [0.5, 0.6) is 0 Å². The minimum atomic E-state index is 0.0851. The molecule has 0 spiro atoms. The fourth-order valence-electron chi connectivity index (χ4n) is 3.81. The number of pyridine rings is 1. The van der Waals surface area contributed by atoms with E-state index in [1.165, 1.54) is 18.4 Å². The van der Waals surface area contributed by atoms with Gasteiger partial charge in [0.05, 0.1) is 5.69 Å². The highest BCUT2D eigenvalue weighted by molar-refractivity contribution is 5.51. The van der Waals surface area contributed by atoms with Gasteiger partial charge < -0.3 is 0 Å². The van der Waals surface area contributed by atoms with Gasteiger partial charge in [-0.15, -0.1) is 0 Å². The van der Waals surface area contributed by atoms with Crippen LogP contribution >= 0.6 is 0 Å². The molecule has 0 amide bonds. The Labute approximate surface area is 160 Å². The van der Waals surface area contributed by atoms with Crippen molar-refractivity contribution in [2.24, 2.45) is 5.92 Å². The molecule has 1 unspecified atom stereocenters. The lowest BCUT2D eigenvalue weighted by Gasteiger charge is -2.18. The van der Waals surface area contributed by atoms with Crippen LogP contribution < -0.4 is 5.56 Å². The first kappa shape index (κ1) is 17.5. The van der Waals surface area contributed by atoms with Crippen molar-refractivity contribution in [2.45, 2.75) is 46.0 Å². The molecule has 0 saturated heterocycles. The number of hydrogen-bond donors (Lipinski definition) is 0. The second-order valence-corrected chi connectivity index (χ2v) is 7.66. The summed E-state index contributed by atoms with van der Waals surface area (Å²) in [6.07, 6.45) is 7.05. The zero-order valence-electron chi connectivity index (χ0n) is 16.0. The van der Waals surface area contributed by atoms with Gasteiger partial charge in [0.15, 0.2) is 0 Å². The molecule has 0 saturated carbocycles. The number of nitrogens with zero attached hydrogens (tertiary/aromatic N) is 2. The van der Waals surface area contributed by atoms with Gasteiger partial charge in [0.2, 0.25) is 0 Å². The minimum absolute atomic E-state index is 0.0851. The second kappa shape index (κ2) is 7.40. The van der Waals surface area contributed by atoms with Crippen LogP contribution in [0.15, 0.2) is 47.4 Å². The van der Waals surface area contributed by atoms with Gasteiger partial charge in [-0.2, -0.15) is 0 Å². The van der Waals surface area contributed by atoms with Crippen LogP contribution in [0.2, 0.25) is 0 Å². The van der Waals surface area contributed by atoms with Crippen molar-refractivity contribution in [3.8, 4) is 11.8 Å². The van der Waals surface area contributed by atoms with Gasteiger partial charge in [-0.25, -0.2) is 4.98 Å². The van der Waals surface area contributed by atoms with E-state index in [1.807, 2.05) is 30.5 Å². The molecule has 3 nitrogen and oxygen atoms in total. The molecule has 1 aliphatic carbocycles. The quantitative estimate of drug-likeness (QED) is 0.563. The molecule has 3 heteroatoms. The van der Waals surface area contributed by atoms with Gasteiger partial charge in [-0.05, 0) is 61.9 Å². The first-order valence-electron chi connectivity index (χ1n) is 9.73. The summed E-state index contributed by atoms with van der Waals surface area (Å²) in [6.45, 7) is 4.29. The van der Waals surface area contributed by atoms with E-state index in [4.69, 9.17) is 4.98 Å². The van der Waals surface area contributed by atoms with E-state index in [-0.39, 0.29) is 5.56 Å². The van der Waals surface area contributed by atoms with Gasteiger partial charge >= 0.3 is 0 Å². The smallest absolute Gasteiger partial charge is 0.261 e. The molecular formula is C24H24N2O. The van der Waals surface area contributed by atoms with E-state index in [0.717, 1.165) is 41.6 Å². The zero-order valence-corrected chi connectivity index (χ0v) is 16.0. The summed E-state index contributed by atoms with van der Waals surface area (Å²) >= 11 is 0. The largest absolute Gasteiger partial charge is 0.269 e. The van der Waals surface area contributed by atoms with Crippen LogP contribution in [0.4, 0.5) is 0 Å². The average Bonchev–Trinajstić information content (AvgIpc) is 2.64. The van der Waals surface area contributed by atoms with Gasteiger partial charge in [0.1, 0.15) is 5.65 Å². The van der Waals surface area contributed by atoms with Crippen molar-refractivity contribution < 1.29 is 0 Å². The molecule has 3 aromatic rings. The Morgan fingerprint density at radius 3 is 2.74 bits per heavy atom. The third-order valence-corrected chi connectivity index (χ3v) is 5.29. The molecule has 2 aromatic heterocycles. The van der Waals surface area contributed by atoms with Gasteiger partial charge in [0, 0.05) is 22.9 Å². The zero-order chi connectivity index (χ0) is 18.8. The maximum Gasteiger partial charge on any atom is 0.261 e. The second-order valence-electron chi connectivity index (χ2n) is 7.66. The number of fused-ring (bicyclic) bond motifs is 2. The third-order valence-electron chi connectivity index (χ3n) is 5.29. The third kappa shape index (κ3) is 3.80. The van der Waals surface area contributed by atoms with Crippen molar-refractivity contribution in [3.63, 3.8) is 0 Å². The van der Waals surface area contributed by atoms with Crippen molar-refractivity contribution in [2.75, 3.05) is 0 Å². The number of aromatic nitrogens is 2. The molecule has 0 aliphatic heterocycles. The Morgan fingerprint density at radius 1 is 1.11 bits per heavy atom. The van der Waals surface area contributed by atoms with Crippen molar-refractivity contribution in [1.82, 2.24) is 9.38 Å². The molecule has 136 valence electrons. The van der Waals surface area contributed by atoms with Crippen LogP contribution in [0.1, 0.15) is 54.1 Å². The SMILES string of the molecule is Cc1cccc(C#Cc2ccn3c(=O)c4c(nc3c2)CCCCC(C)C4)c1. The lowest BCUT2D eigenvalue weighted by Crippen LogP contribution is -2.25. The topological polar surface area (TPSA) is 34.4 Å². The van der Waals surface area contributed by atoms with Gasteiger partial charge in [-0.1, -0.05) is 43.7 Å². The number of benzene rings is 1. The molecule has 1 aromatic carbocycles. The molecular weight excluding hydrogens is 332 g/mol. The summed E-state index contributed by atoms with van der Waals surface area (Å²) in [6, 6.07) is 12.0. The lowest BCUT2D eigenvalue weighted by molar-refractivity contribution is 0.474. The van der Waals surface area contributed by atoms with Crippen LogP contribution in [0.25, 0.3) is 5.65 Å². The molecule has 1 aliphatic rings. The van der Waals surface area contributed by atoms with Crippen LogP contribution in [0.3, 0.4) is 0 Å². The summed E-state index contributed by atoms with van der Waals surface area (Å²) in [4.78, 5) is 17.8. The number of hydrogen-bond acceptors (Lipinski definition) is 2. The Balaban J connectivity index is 1.76. The standard InChI is InChI=1S/C24H24N2O/c1-17-7-5-8-19(14-17)10-11-20-12-13-26-23(16-20)25-22-9-4-3-6-18(2)15-21(22)24(26)27/h5,7-8,12-14,16,18H,3-4,6,9,15H2,1-2H3. The highest BCUT2D eigenvalue weighted by Gasteiger charge is 2.18. The van der Waals surface area contributed by atoms with Gasteiger partial charge in [0.25, 0.3) is 5.56 Å². The molecule has 0 fully saturated rings. The highest BCUT2D eigenvalue weighted by atomic mass is 16.1. The molecule has 2 heterocycles. The van der Waals surface area contributed by atoms with E-state index in [1.54, 1.807) is 4.40 Å². The normalized spacial score (nSPS) is 16.7. The molecule has 1 atom stereocenters. The number of rotatable bonds is 0. The summed E-state index contributed by atoms with van der Waals surface area (Å²) in [5, 5.41) is 0. The summed E-state index contributed by atoms with van der Waals surface area (Å²) < 4.78 is 1.67. The molecule has 0 N–H and O–H groups in total. The van der Waals surface area contributed by atoms with E-state index < -0.39 is 0 Å². The molecule has 0 bridgehead atoms. The fraction of sp³-hybridized carbons (Fsp3) is 0.333. The van der Waals surface area contributed by atoms with E-state index in [9.17, 15) is 4.79 Å². The van der Waals surface area contributed by atoms with E-state index >= 15 is 0 Å². The summed E-state index contributed by atoms with van der Waals surface area (Å²) in [7, 11) is 0. The molecule has 27 heavy (non-hydrogen) atoms. The van der Waals surface area contributed by atoms with E-state index in [2.05, 4.69) is 37.8 Å². The van der Waals surface area contributed by atoms with Crippen LogP contribution in [-0.4, -0.2) is 9.38 Å². The van der Waals surface area contributed by atoms with E-state index in [0.29, 0.717) is 11.6 Å². The maximum atomic E-state index is 13.0. The average molecular weight is 356 g/mol. The summed E-state index contributed by atoms with van der Waals surface area (Å²) in [5.41, 5.74) is 5.73. The lowest BCUT2D eigenvalue weighted by atomic mass is 9.90. The van der Waals surface area contributed by atoms with Crippen molar-refractivity contribution in [3.05, 3.63) is 80.9 Å². The first-order valence-corrected chi connectivity index (χ1v) is 9.73. The maximum absolute atomic E-state index is 13.0. The van der Waals surface area contributed by atoms with Gasteiger partial charge in [-0.3, -0.25) is 9.20 Å². The molecule has 4 rings (SSSR count). The highest BCUT2D eigenvalue weighted by Crippen LogP contribution is 2.21. The van der Waals surface area contributed by atoms with Crippen LogP contribution in [0, 0.1) is 24.7 Å². The fourth-order valence-corrected chi connectivity index (χ4v) is 3.81. The predicted molar refractivity (Wildman–Crippen MR) is 109 cm³/mol. The summed E-state index contributed by atoms with van der Waals surface area (Å²) in [5.74, 6) is 6.94. The Kier molecular flexibility index (Phi) is 4.81. The minimum Gasteiger partial charge on any atom is -0.269 e. The molecule has 0 radical (unpaired) electrons. The monoisotopic (exact) mass is 356 g/mol. The Morgan fingerprint density at radius 2 is 1.93 bits per heavy atom.